The van der Waals surface area contributed by atoms with Crippen molar-refractivity contribution in [2.45, 2.75) is 59.4 Å². The van der Waals surface area contributed by atoms with Crippen molar-refractivity contribution in [2.75, 3.05) is 10.6 Å². The van der Waals surface area contributed by atoms with Crippen LogP contribution in [0.15, 0.2) is 42.5 Å². The van der Waals surface area contributed by atoms with Gasteiger partial charge in [-0.2, -0.15) is 0 Å². The highest BCUT2D eigenvalue weighted by molar-refractivity contribution is 6.39. The van der Waals surface area contributed by atoms with Crippen LogP contribution < -0.4 is 16.0 Å². The molecule has 1 saturated carbocycles. The average Bonchev–Trinajstić information content (AvgIpc) is 2.75. The van der Waals surface area contributed by atoms with Crippen molar-refractivity contribution in [1.82, 2.24) is 5.32 Å². The number of hydrogen-bond donors (Lipinski definition) is 3. The molecule has 2 aromatic carbocycles. The maximum atomic E-state index is 12.9. The number of rotatable bonds is 5. The van der Waals surface area contributed by atoms with Crippen LogP contribution in [0, 0.1) is 25.7 Å². The van der Waals surface area contributed by atoms with Gasteiger partial charge in [-0.3, -0.25) is 14.4 Å². The Labute approximate surface area is 190 Å². The first-order chi connectivity index (χ1) is 15.3. The number of benzene rings is 2. The monoisotopic (exact) mass is 435 g/mol. The molecule has 6 nitrogen and oxygen atoms in total. The van der Waals surface area contributed by atoms with Crippen LogP contribution in [0.1, 0.15) is 62.3 Å². The number of carbonyl (C=O) groups excluding carboxylic acids is 3. The van der Waals surface area contributed by atoms with E-state index in [-0.39, 0.29) is 11.9 Å². The molecule has 0 saturated heterocycles. The number of aryl methyl sites for hydroxylation is 1. The van der Waals surface area contributed by atoms with Gasteiger partial charge in [0.25, 0.3) is 0 Å². The highest BCUT2D eigenvalue weighted by Gasteiger charge is 2.31. The van der Waals surface area contributed by atoms with E-state index < -0.39 is 11.8 Å². The van der Waals surface area contributed by atoms with Gasteiger partial charge in [-0.15, -0.1) is 0 Å². The lowest BCUT2D eigenvalue weighted by molar-refractivity contribution is -0.137. The molecule has 1 fully saturated rings. The van der Waals surface area contributed by atoms with Gasteiger partial charge in [-0.1, -0.05) is 50.1 Å². The van der Waals surface area contributed by atoms with Crippen LogP contribution in [0.2, 0.25) is 0 Å². The summed E-state index contributed by atoms with van der Waals surface area (Å²) < 4.78 is 0. The molecule has 0 aromatic heterocycles. The van der Waals surface area contributed by atoms with Gasteiger partial charge in [0.1, 0.15) is 0 Å². The lowest BCUT2D eigenvalue weighted by atomic mass is 9.76. The number of anilines is 2. The fraction of sp³-hybridized carbons (Fsp3) is 0.423. The zero-order chi connectivity index (χ0) is 23.3. The van der Waals surface area contributed by atoms with Crippen LogP contribution in [-0.2, 0) is 14.4 Å². The van der Waals surface area contributed by atoms with Crippen molar-refractivity contribution in [3.63, 3.8) is 0 Å². The lowest BCUT2D eigenvalue weighted by Gasteiger charge is -2.34. The summed E-state index contributed by atoms with van der Waals surface area (Å²) in [4.78, 5) is 37.1. The molecule has 3 N–H and O–H groups in total. The second-order valence-corrected chi connectivity index (χ2v) is 8.95. The average molecular weight is 436 g/mol. The predicted octanol–water partition coefficient (Wildman–Crippen LogP) is 4.88. The largest absolute Gasteiger partial charge is 0.341 e. The smallest absolute Gasteiger partial charge is 0.313 e. The van der Waals surface area contributed by atoms with E-state index >= 15 is 0 Å². The third kappa shape index (κ3) is 5.75. The Bertz CT molecular complexity index is 1000. The van der Waals surface area contributed by atoms with Gasteiger partial charge >= 0.3 is 11.8 Å². The van der Waals surface area contributed by atoms with Gasteiger partial charge in [0.15, 0.2) is 0 Å². The Morgan fingerprint density at radius 1 is 0.906 bits per heavy atom. The Balaban J connectivity index is 1.78. The van der Waals surface area contributed by atoms with Crippen molar-refractivity contribution in [3.05, 3.63) is 59.2 Å². The quantitative estimate of drug-likeness (QED) is 0.585. The summed E-state index contributed by atoms with van der Waals surface area (Å²) in [5.74, 6) is -0.667. The Morgan fingerprint density at radius 2 is 1.59 bits per heavy atom. The summed E-state index contributed by atoms with van der Waals surface area (Å²) in [6.07, 6.45) is 4.39. The topological polar surface area (TPSA) is 87.3 Å². The predicted molar refractivity (Wildman–Crippen MR) is 127 cm³/mol. The molecule has 3 rings (SSSR count). The molecule has 0 bridgehead atoms. The molecule has 1 aliphatic rings. The zero-order valence-corrected chi connectivity index (χ0v) is 19.3. The first kappa shape index (κ1) is 23.5. The highest BCUT2D eigenvalue weighted by atomic mass is 16.2. The van der Waals surface area contributed by atoms with Gasteiger partial charge in [0.2, 0.25) is 5.91 Å². The van der Waals surface area contributed by atoms with Crippen LogP contribution in [0.25, 0.3) is 0 Å². The summed E-state index contributed by atoms with van der Waals surface area (Å²) in [6, 6.07) is 13.0. The van der Waals surface area contributed by atoms with E-state index in [1.807, 2.05) is 31.2 Å². The summed E-state index contributed by atoms with van der Waals surface area (Å²) in [5.41, 5.74) is 3.96. The molecule has 2 aromatic rings. The van der Waals surface area contributed by atoms with E-state index in [2.05, 4.69) is 22.9 Å². The van der Waals surface area contributed by atoms with Crippen molar-refractivity contribution in [1.29, 1.82) is 0 Å². The van der Waals surface area contributed by atoms with E-state index in [1.54, 1.807) is 25.1 Å². The summed E-state index contributed by atoms with van der Waals surface area (Å²) >= 11 is 0. The third-order valence-corrected chi connectivity index (χ3v) is 6.36. The molecule has 32 heavy (non-hydrogen) atoms. The molecular weight excluding hydrogens is 402 g/mol. The molecular formula is C26H33N3O3. The summed E-state index contributed by atoms with van der Waals surface area (Å²) in [6.45, 7) is 7.51. The lowest BCUT2D eigenvalue weighted by Crippen LogP contribution is -2.41. The molecule has 170 valence electrons. The maximum Gasteiger partial charge on any atom is 0.313 e. The fourth-order valence-electron chi connectivity index (χ4n) is 4.65. The second kappa shape index (κ2) is 10.4. The molecule has 3 atom stereocenters. The Kier molecular flexibility index (Phi) is 7.67. The Morgan fingerprint density at radius 3 is 2.25 bits per heavy atom. The first-order valence-electron chi connectivity index (χ1n) is 11.3. The van der Waals surface area contributed by atoms with Gasteiger partial charge in [-0.25, -0.2) is 0 Å². The van der Waals surface area contributed by atoms with Gasteiger partial charge in [0.05, 0.1) is 6.04 Å². The van der Waals surface area contributed by atoms with Crippen LogP contribution in [0.4, 0.5) is 11.4 Å². The minimum absolute atomic E-state index is 0.197. The maximum absolute atomic E-state index is 12.9. The van der Waals surface area contributed by atoms with Crippen LogP contribution in [0.5, 0.6) is 0 Å². The first-order valence-corrected chi connectivity index (χ1v) is 11.3. The molecule has 0 spiro atoms. The van der Waals surface area contributed by atoms with E-state index in [0.29, 0.717) is 28.8 Å². The molecule has 0 aliphatic heterocycles. The minimum atomic E-state index is -0.712. The Hall–Kier alpha value is -3.15. The SMILES string of the molecule is CC(=O)Nc1cccc(NC(=O)C(=O)NC(c2ccccc2C)C2CCCC(C)C2)c1C. The van der Waals surface area contributed by atoms with E-state index in [0.717, 1.165) is 30.4 Å². The van der Waals surface area contributed by atoms with Crippen molar-refractivity contribution < 1.29 is 14.4 Å². The van der Waals surface area contributed by atoms with Crippen LogP contribution in [0.3, 0.4) is 0 Å². The number of carbonyl (C=O) groups is 3. The van der Waals surface area contributed by atoms with Crippen LogP contribution in [-0.4, -0.2) is 17.7 Å². The van der Waals surface area contributed by atoms with Crippen LogP contribution >= 0.6 is 0 Å². The molecule has 0 radical (unpaired) electrons. The normalized spacial score (nSPS) is 19.0. The number of amides is 3. The minimum Gasteiger partial charge on any atom is -0.341 e. The van der Waals surface area contributed by atoms with Crippen molar-refractivity contribution >= 4 is 29.1 Å². The molecule has 3 amide bonds. The molecule has 3 unspecified atom stereocenters. The number of hydrogen-bond acceptors (Lipinski definition) is 3. The van der Waals surface area contributed by atoms with Gasteiger partial charge in [0, 0.05) is 18.3 Å². The standard InChI is InChI=1S/C26H33N3O3/c1-16-9-7-11-20(15-16)24(21-12-6-5-10-17(21)2)29-26(32)25(31)28-23-14-8-13-22(18(23)3)27-19(4)30/h5-6,8,10,12-14,16,20,24H,7,9,11,15H2,1-4H3,(H,27,30)(H,28,31)(H,29,32). The van der Waals surface area contributed by atoms with Crippen molar-refractivity contribution in [2.24, 2.45) is 11.8 Å². The second-order valence-electron chi connectivity index (χ2n) is 8.95. The van der Waals surface area contributed by atoms with E-state index in [9.17, 15) is 14.4 Å². The molecule has 1 aliphatic carbocycles. The van der Waals surface area contributed by atoms with E-state index in [1.165, 1.54) is 13.3 Å². The third-order valence-electron chi connectivity index (χ3n) is 6.36. The fourth-order valence-corrected chi connectivity index (χ4v) is 4.65. The summed E-state index contributed by atoms with van der Waals surface area (Å²) in [5, 5.41) is 8.47. The zero-order valence-electron chi connectivity index (χ0n) is 19.3. The van der Waals surface area contributed by atoms with Gasteiger partial charge in [-0.05, 0) is 67.3 Å². The summed E-state index contributed by atoms with van der Waals surface area (Å²) in [7, 11) is 0. The van der Waals surface area contributed by atoms with Crippen molar-refractivity contribution in [3.8, 4) is 0 Å². The highest BCUT2D eigenvalue weighted by Crippen LogP contribution is 2.38. The molecule has 6 heteroatoms. The van der Waals surface area contributed by atoms with Gasteiger partial charge < -0.3 is 16.0 Å². The van der Waals surface area contributed by atoms with E-state index in [4.69, 9.17) is 0 Å². The number of nitrogens with one attached hydrogen (secondary N) is 3. The molecule has 0 heterocycles.